The van der Waals surface area contributed by atoms with Crippen molar-refractivity contribution in [1.29, 1.82) is 0 Å². The second-order valence-corrected chi connectivity index (χ2v) is 8.84. The van der Waals surface area contributed by atoms with Gasteiger partial charge in [0.2, 0.25) is 0 Å². The maximum Gasteiger partial charge on any atom is 0.275 e. The molecule has 0 unspecified atom stereocenters. The van der Waals surface area contributed by atoms with Crippen molar-refractivity contribution in [2.75, 3.05) is 13.7 Å². The van der Waals surface area contributed by atoms with Gasteiger partial charge in [0.15, 0.2) is 5.78 Å². The highest BCUT2D eigenvalue weighted by Gasteiger charge is 2.48. The SMILES string of the molecule is COc1ccc(C2=NC3(CCCCC3)N(CC(=O)c3cccc(-c4ccccn4)c3)C2=O)cc1. The molecule has 1 aromatic heterocycles. The predicted octanol–water partition coefficient (Wildman–Crippen LogP) is 4.93. The highest BCUT2D eigenvalue weighted by atomic mass is 16.5. The minimum atomic E-state index is -0.640. The first-order chi connectivity index (χ1) is 16.6. The molecule has 1 spiro atoms. The van der Waals surface area contributed by atoms with Crippen LogP contribution in [0.3, 0.4) is 0 Å². The molecule has 0 radical (unpaired) electrons. The Morgan fingerprint density at radius 2 is 1.76 bits per heavy atom. The van der Waals surface area contributed by atoms with E-state index < -0.39 is 5.66 Å². The number of carbonyl (C=O) groups excluding carboxylic acids is 2. The number of hydrogen-bond acceptors (Lipinski definition) is 5. The van der Waals surface area contributed by atoms with Crippen LogP contribution in [0.15, 0.2) is 77.9 Å². The number of ether oxygens (including phenoxy) is 1. The highest BCUT2D eigenvalue weighted by Crippen LogP contribution is 2.40. The minimum absolute atomic E-state index is 0.00760. The summed E-state index contributed by atoms with van der Waals surface area (Å²) in [5, 5.41) is 0. The molecule has 1 aliphatic carbocycles. The molecule has 34 heavy (non-hydrogen) atoms. The van der Waals surface area contributed by atoms with Gasteiger partial charge in [-0.2, -0.15) is 0 Å². The van der Waals surface area contributed by atoms with Crippen LogP contribution in [0.2, 0.25) is 0 Å². The van der Waals surface area contributed by atoms with E-state index in [9.17, 15) is 9.59 Å². The van der Waals surface area contributed by atoms with Crippen LogP contribution in [0.25, 0.3) is 11.3 Å². The molecule has 0 bridgehead atoms. The van der Waals surface area contributed by atoms with Crippen molar-refractivity contribution >= 4 is 17.4 Å². The Morgan fingerprint density at radius 1 is 0.971 bits per heavy atom. The van der Waals surface area contributed by atoms with Crippen LogP contribution in [-0.2, 0) is 4.79 Å². The molecular formula is C28H27N3O3. The van der Waals surface area contributed by atoms with Gasteiger partial charge in [-0.05, 0) is 68.1 Å². The normalized spacial score (nSPS) is 17.0. The fourth-order valence-electron chi connectivity index (χ4n) is 4.91. The molecule has 1 amide bonds. The summed E-state index contributed by atoms with van der Waals surface area (Å²) in [7, 11) is 1.61. The molecule has 1 saturated carbocycles. The Kier molecular flexibility index (Phi) is 5.97. The lowest BCUT2D eigenvalue weighted by Crippen LogP contribution is -2.50. The standard InChI is InChI=1S/C28H27N3O3/c1-34-23-13-11-20(12-14-23)26-27(33)31(28(30-26)15-4-2-5-16-28)19-25(32)22-9-7-8-21(18-22)24-10-3-6-17-29-24/h3,6-14,17-18H,2,4-5,15-16,19H2,1H3. The van der Waals surface area contributed by atoms with Crippen LogP contribution in [0.5, 0.6) is 5.75 Å². The van der Waals surface area contributed by atoms with Gasteiger partial charge in [-0.1, -0.05) is 30.7 Å². The van der Waals surface area contributed by atoms with Crippen molar-refractivity contribution in [2.45, 2.75) is 37.8 Å². The molecule has 2 aliphatic rings. The Morgan fingerprint density at radius 3 is 2.47 bits per heavy atom. The van der Waals surface area contributed by atoms with E-state index in [0.717, 1.165) is 54.7 Å². The Balaban J connectivity index is 1.43. The molecule has 5 rings (SSSR count). The third-order valence-corrected chi connectivity index (χ3v) is 6.73. The van der Waals surface area contributed by atoms with Gasteiger partial charge in [-0.25, -0.2) is 0 Å². The predicted molar refractivity (Wildman–Crippen MR) is 131 cm³/mol. The molecule has 6 heteroatoms. The number of amides is 1. The summed E-state index contributed by atoms with van der Waals surface area (Å²) in [5.41, 5.74) is 2.80. The van der Waals surface area contributed by atoms with Crippen molar-refractivity contribution in [3.8, 4) is 17.0 Å². The zero-order valence-electron chi connectivity index (χ0n) is 19.2. The molecule has 2 aromatic carbocycles. The summed E-state index contributed by atoms with van der Waals surface area (Å²) in [6.45, 7) is 0.00760. The van der Waals surface area contributed by atoms with E-state index in [1.165, 1.54) is 0 Å². The number of carbonyl (C=O) groups is 2. The van der Waals surface area contributed by atoms with E-state index in [1.807, 2.05) is 60.7 Å². The largest absolute Gasteiger partial charge is 0.497 e. The van der Waals surface area contributed by atoms with Crippen molar-refractivity contribution in [3.05, 3.63) is 84.1 Å². The number of Topliss-reactive ketones (excluding diaryl/α,β-unsaturated/α-hetero) is 1. The molecule has 172 valence electrons. The number of pyridine rings is 1. The van der Waals surface area contributed by atoms with Gasteiger partial charge in [0, 0.05) is 22.9 Å². The zero-order chi connectivity index (χ0) is 23.5. The van der Waals surface area contributed by atoms with Gasteiger partial charge in [0.1, 0.15) is 17.1 Å². The van der Waals surface area contributed by atoms with E-state index >= 15 is 0 Å². The molecule has 0 saturated heterocycles. The van der Waals surface area contributed by atoms with E-state index in [1.54, 1.807) is 24.3 Å². The minimum Gasteiger partial charge on any atom is -0.497 e. The molecule has 0 atom stereocenters. The molecule has 1 aliphatic heterocycles. The van der Waals surface area contributed by atoms with E-state index in [2.05, 4.69) is 4.98 Å². The summed E-state index contributed by atoms with van der Waals surface area (Å²) in [6.07, 6.45) is 6.40. The number of rotatable bonds is 6. The molecule has 3 aromatic rings. The third kappa shape index (κ3) is 4.12. The lowest BCUT2D eigenvalue weighted by atomic mass is 9.88. The second-order valence-electron chi connectivity index (χ2n) is 8.84. The number of benzene rings is 2. The number of hydrogen-bond donors (Lipinski definition) is 0. The Hall–Kier alpha value is -3.80. The summed E-state index contributed by atoms with van der Waals surface area (Å²) in [4.78, 5) is 38.1. The van der Waals surface area contributed by atoms with Crippen molar-refractivity contribution in [1.82, 2.24) is 9.88 Å². The number of ketones is 1. The molecule has 2 heterocycles. The Labute approximate surface area is 199 Å². The quantitative estimate of drug-likeness (QED) is 0.496. The van der Waals surface area contributed by atoms with Crippen molar-refractivity contribution in [2.24, 2.45) is 4.99 Å². The Bertz CT molecular complexity index is 1230. The fourth-order valence-corrected chi connectivity index (χ4v) is 4.91. The van der Waals surface area contributed by atoms with Gasteiger partial charge in [-0.3, -0.25) is 19.6 Å². The first kappa shape index (κ1) is 22.0. The first-order valence-electron chi connectivity index (χ1n) is 11.7. The average molecular weight is 454 g/mol. The van der Waals surface area contributed by atoms with Crippen molar-refractivity contribution in [3.63, 3.8) is 0 Å². The second kappa shape index (κ2) is 9.21. The van der Waals surface area contributed by atoms with Crippen LogP contribution in [0, 0.1) is 0 Å². The third-order valence-electron chi connectivity index (χ3n) is 6.73. The van der Waals surface area contributed by atoms with Crippen LogP contribution in [0.1, 0.15) is 48.0 Å². The monoisotopic (exact) mass is 453 g/mol. The smallest absolute Gasteiger partial charge is 0.275 e. The highest BCUT2D eigenvalue weighted by molar-refractivity contribution is 6.47. The van der Waals surface area contributed by atoms with E-state index in [4.69, 9.17) is 9.73 Å². The molecular weight excluding hydrogens is 426 g/mol. The van der Waals surface area contributed by atoms with Gasteiger partial charge in [0.25, 0.3) is 5.91 Å². The zero-order valence-corrected chi connectivity index (χ0v) is 19.2. The summed E-state index contributed by atoms with van der Waals surface area (Å²) in [5.74, 6) is 0.450. The fraction of sp³-hybridized carbons (Fsp3) is 0.286. The van der Waals surface area contributed by atoms with Crippen LogP contribution < -0.4 is 4.74 Å². The topological polar surface area (TPSA) is 71.9 Å². The summed E-state index contributed by atoms with van der Waals surface area (Å²) < 4.78 is 5.25. The van der Waals surface area contributed by atoms with Gasteiger partial charge >= 0.3 is 0 Å². The van der Waals surface area contributed by atoms with E-state index in [-0.39, 0.29) is 18.2 Å². The van der Waals surface area contributed by atoms with Crippen LogP contribution in [-0.4, -0.2) is 46.6 Å². The molecule has 0 N–H and O–H groups in total. The maximum atomic E-state index is 13.6. The number of methoxy groups -OCH3 is 1. The number of aliphatic imine (C=N–C) groups is 1. The van der Waals surface area contributed by atoms with Gasteiger partial charge in [0.05, 0.1) is 19.3 Å². The van der Waals surface area contributed by atoms with Gasteiger partial charge < -0.3 is 9.64 Å². The van der Waals surface area contributed by atoms with Gasteiger partial charge in [-0.15, -0.1) is 0 Å². The van der Waals surface area contributed by atoms with E-state index in [0.29, 0.717) is 11.3 Å². The molecule has 1 fully saturated rings. The number of nitrogens with zero attached hydrogens (tertiary/aromatic N) is 3. The lowest BCUT2D eigenvalue weighted by Gasteiger charge is -2.38. The van der Waals surface area contributed by atoms with Crippen LogP contribution >= 0.6 is 0 Å². The maximum absolute atomic E-state index is 13.6. The number of aromatic nitrogens is 1. The lowest BCUT2D eigenvalue weighted by molar-refractivity contribution is -0.128. The summed E-state index contributed by atoms with van der Waals surface area (Å²) in [6, 6.07) is 20.5. The first-order valence-corrected chi connectivity index (χ1v) is 11.7. The molecule has 6 nitrogen and oxygen atoms in total. The average Bonchev–Trinajstić information content (AvgIpc) is 3.15. The van der Waals surface area contributed by atoms with Crippen molar-refractivity contribution < 1.29 is 14.3 Å². The summed E-state index contributed by atoms with van der Waals surface area (Å²) >= 11 is 0. The van der Waals surface area contributed by atoms with Crippen LogP contribution in [0.4, 0.5) is 0 Å².